The first kappa shape index (κ1) is 16.3. The minimum Gasteiger partial charge on any atom is -0.497 e. The molecule has 1 amide bonds. The average Bonchev–Trinajstić information content (AvgIpc) is 2.54. The van der Waals surface area contributed by atoms with E-state index in [2.05, 4.69) is 0 Å². The predicted molar refractivity (Wildman–Crippen MR) is 86.6 cm³/mol. The van der Waals surface area contributed by atoms with Gasteiger partial charge in [0.15, 0.2) is 0 Å². The third kappa shape index (κ3) is 3.67. The van der Waals surface area contributed by atoms with Crippen LogP contribution >= 0.6 is 0 Å². The smallest absolute Gasteiger partial charge is 0.227 e. The van der Waals surface area contributed by atoms with Crippen molar-refractivity contribution in [3.63, 3.8) is 0 Å². The van der Waals surface area contributed by atoms with Crippen molar-refractivity contribution < 1.29 is 19.0 Å². The molecule has 3 rings (SSSR count). The first-order valence-corrected chi connectivity index (χ1v) is 8.30. The highest BCUT2D eigenvalue weighted by Gasteiger charge is 2.49. The molecule has 5 heteroatoms. The van der Waals surface area contributed by atoms with E-state index < -0.39 is 0 Å². The highest BCUT2D eigenvalue weighted by Crippen LogP contribution is 2.35. The van der Waals surface area contributed by atoms with Gasteiger partial charge in [0, 0.05) is 19.6 Å². The summed E-state index contributed by atoms with van der Waals surface area (Å²) in [6, 6.07) is 7.65. The molecule has 2 fully saturated rings. The fourth-order valence-corrected chi connectivity index (χ4v) is 3.44. The van der Waals surface area contributed by atoms with Gasteiger partial charge in [-0.2, -0.15) is 0 Å². The molecule has 23 heavy (non-hydrogen) atoms. The van der Waals surface area contributed by atoms with Crippen molar-refractivity contribution in [2.24, 2.45) is 0 Å². The molecular weight excluding hydrogens is 294 g/mol. The zero-order valence-electron chi connectivity index (χ0n) is 13.9. The number of carbonyl (C=O) groups excluding carboxylic acids is 1. The number of ether oxygens (including phenoxy) is 3. The quantitative estimate of drug-likeness (QED) is 0.833. The molecule has 2 aliphatic rings. The van der Waals surface area contributed by atoms with Gasteiger partial charge in [0.25, 0.3) is 0 Å². The van der Waals surface area contributed by atoms with Crippen LogP contribution in [0.25, 0.3) is 0 Å². The molecule has 1 aromatic carbocycles. The zero-order chi connectivity index (χ0) is 16.3. The predicted octanol–water partition coefficient (Wildman–Crippen LogP) is 2.03. The Morgan fingerprint density at radius 2 is 2.09 bits per heavy atom. The molecule has 5 nitrogen and oxygen atoms in total. The lowest BCUT2D eigenvalue weighted by molar-refractivity contribution is -0.200. The number of rotatable bonds is 5. The molecule has 2 saturated heterocycles. The Bertz CT molecular complexity index is 534. The molecule has 2 heterocycles. The molecule has 0 bridgehead atoms. The Morgan fingerprint density at radius 3 is 2.74 bits per heavy atom. The van der Waals surface area contributed by atoms with Crippen molar-refractivity contribution in [3.05, 3.63) is 29.8 Å². The van der Waals surface area contributed by atoms with Gasteiger partial charge in [0.05, 0.1) is 32.7 Å². The summed E-state index contributed by atoms with van der Waals surface area (Å²) in [4.78, 5) is 14.3. The van der Waals surface area contributed by atoms with E-state index in [1.54, 1.807) is 7.11 Å². The molecule has 1 spiro atoms. The molecule has 0 aromatic heterocycles. The Balaban J connectivity index is 1.51. The second kappa shape index (κ2) is 6.89. The summed E-state index contributed by atoms with van der Waals surface area (Å²) in [7, 11) is 1.64. The van der Waals surface area contributed by atoms with E-state index in [0.29, 0.717) is 19.5 Å². The lowest BCUT2D eigenvalue weighted by atomic mass is 9.84. The first-order valence-electron chi connectivity index (χ1n) is 8.30. The summed E-state index contributed by atoms with van der Waals surface area (Å²) in [6.07, 6.45) is 2.55. The van der Waals surface area contributed by atoms with E-state index in [4.69, 9.17) is 14.2 Å². The van der Waals surface area contributed by atoms with E-state index in [9.17, 15) is 4.79 Å². The lowest BCUT2D eigenvalue weighted by Crippen LogP contribution is -2.67. The van der Waals surface area contributed by atoms with Gasteiger partial charge < -0.3 is 19.1 Å². The van der Waals surface area contributed by atoms with Crippen molar-refractivity contribution in [2.45, 2.75) is 37.9 Å². The monoisotopic (exact) mass is 319 g/mol. The third-order valence-electron chi connectivity index (χ3n) is 4.68. The number of amides is 1. The van der Waals surface area contributed by atoms with Gasteiger partial charge in [-0.3, -0.25) is 4.79 Å². The molecule has 0 N–H and O–H groups in total. The fraction of sp³-hybridized carbons (Fsp3) is 0.611. The molecule has 0 unspecified atom stereocenters. The second-order valence-corrected chi connectivity index (χ2v) is 6.38. The summed E-state index contributed by atoms with van der Waals surface area (Å²) in [5.74, 6) is 0.963. The average molecular weight is 319 g/mol. The Labute approximate surface area is 137 Å². The normalized spacial score (nSPS) is 22.7. The van der Waals surface area contributed by atoms with Crippen LogP contribution in [0.5, 0.6) is 5.75 Å². The third-order valence-corrected chi connectivity index (χ3v) is 4.68. The lowest BCUT2D eigenvalue weighted by Gasteiger charge is -2.53. The topological polar surface area (TPSA) is 48.0 Å². The Morgan fingerprint density at radius 1 is 1.35 bits per heavy atom. The van der Waals surface area contributed by atoms with E-state index in [1.165, 1.54) is 0 Å². The summed E-state index contributed by atoms with van der Waals surface area (Å²) in [5.41, 5.74) is 0.835. The van der Waals surface area contributed by atoms with Crippen LogP contribution in [0.3, 0.4) is 0 Å². The van der Waals surface area contributed by atoms with Gasteiger partial charge in [0.2, 0.25) is 5.91 Å². The van der Waals surface area contributed by atoms with Crippen LogP contribution in [0.2, 0.25) is 0 Å². The van der Waals surface area contributed by atoms with Crippen LogP contribution < -0.4 is 4.74 Å². The fourth-order valence-electron chi connectivity index (χ4n) is 3.44. The number of methoxy groups -OCH3 is 1. The number of hydrogen-bond donors (Lipinski definition) is 0. The van der Waals surface area contributed by atoms with E-state index >= 15 is 0 Å². The summed E-state index contributed by atoms with van der Waals surface area (Å²) in [6.45, 7) is 4.86. The largest absolute Gasteiger partial charge is 0.497 e. The van der Waals surface area contributed by atoms with Gasteiger partial charge in [-0.05, 0) is 31.0 Å². The number of likely N-dealkylation sites (tertiary alicyclic amines) is 1. The molecule has 0 radical (unpaired) electrons. The summed E-state index contributed by atoms with van der Waals surface area (Å²) in [5, 5.41) is 0. The number of benzene rings is 1. The Kier molecular flexibility index (Phi) is 4.87. The van der Waals surface area contributed by atoms with Gasteiger partial charge in [0.1, 0.15) is 11.4 Å². The highest BCUT2D eigenvalue weighted by atomic mass is 16.5. The van der Waals surface area contributed by atoms with Crippen molar-refractivity contribution in [1.29, 1.82) is 0 Å². The van der Waals surface area contributed by atoms with Gasteiger partial charge >= 0.3 is 0 Å². The summed E-state index contributed by atoms with van der Waals surface area (Å²) < 4.78 is 16.8. The molecule has 0 aliphatic carbocycles. The van der Waals surface area contributed by atoms with E-state index in [1.807, 2.05) is 36.1 Å². The van der Waals surface area contributed by atoms with Gasteiger partial charge in [-0.1, -0.05) is 12.1 Å². The second-order valence-electron chi connectivity index (χ2n) is 6.38. The molecular formula is C18H25NO4. The van der Waals surface area contributed by atoms with Crippen LogP contribution in [-0.4, -0.2) is 55.9 Å². The molecule has 2 aliphatic heterocycles. The SMILES string of the molecule is CCO[C@H]1CCOC2(C1)CN(C(=O)Cc1ccc(OC)cc1)C2. The summed E-state index contributed by atoms with van der Waals surface area (Å²) >= 11 is 0. The molecule has 0 saturated carbocycles. The standard InChI is InChI=1S/C18H25NO4/c1-3-22-16-8-9-23-18(11-16)12-19(13-18)17(20)10-14-4-6-15(21-2)7-5-14/h4-7,16H,3,8-13H2,1-2H3/t16-/m0/s1. The van der Waals surface area contributed by atoms with Crippen LogP contribution in [0.4, 0.5) is 0 Å². The van der Waals surface area contributed by atoms with Crippen LogP contribution in [0.15, 0.2) is 24.3 Å². The van der Waals surface area contributed by atoms with Gasteiger partial charge in [-0.25, -0.2) is 0 Å². The minimum absolute atomic E-state index is 0.155. The van der Waals surface area contributed by atoms with Crippen molar-refractivity contribution >= 4 is 5.91 Å². The molecule has 1 atom stereocenters. The maximum atomic E-state index is 12.4. The number of carbonyl (C=O) groups is 1. The van der Waals surface area contributed by atoms with E-state index in [0.717, 1.165) is 37.4 Å². The van der Waals surface area contributed by atoms with Gasteiger partial charge in [-0.15, -0.1) is 0 Å². The zero-order valence-corrected chi connectivity index (χ0v) is 13.9. The van der Waals surface area contributed by atoms with Crippen LogP contribution in [0.1, 0.15) is 25.3 Å². The van der Waals surface area contributed by atoms with Crippen molar-refractivity contribution in [3.8, 4) is 5.75 Å². The maximum absolute atomic E-state index is 12.4. The maximum Gasteiger partial charge on any atom is 0.227 e. The van der Waals surface area contributed by atoms with Crippen molar-refractivity contribution in [1.82, 2.24) is 4.90 Å². The first-order chi connectivity index (χ1) is 11.1. The molecule has 1 aromatic rings. The number of hydrogen-bond acceptors (Lipinski definition) is 4. The number of nitrogens with zero attached hydrogens (tertiary/aromatic N) is 1. The Hall–Kier alpha value is -1.59. The van der Waals surface area contributed by atoms with Crippen LogP contribution in [-0.2, 0) is 20.7 Å². The minimum atomic E-state index is -0.173. The van der Waals surface area contributed by atoms with Crippen molar-refractivity contribution in [2.75, 3.05) is 33.4 Å². The molecule has 126 valence electrons. The van der Waals surface area contributed by atoms with E-state index in [-0.39, 0.29) is 17.6 Å². The highest BCUT2D eigenvalue weighted by molar-refractivity contribution is 5.80. The van der Waals surface area contributed by atoms with Crippen LogP contribution in [0, 0.1) is 0 Å².